The van der Waals surface area contributed by atoms with Crippen molar-refractivity contribution in [1.29, 1.82) is 0 Å². The van der Waals surface area contributed by atoms with Crippen molar-refractivity contribution in [3.05, 3.63) is 80.2 Å². The molecule has 5 rings (SSSR count). The molecule has 1 spiro atoms. The van der Waals surface area contributed by atoms with Gasteiger partial charge >= 0.3 is 5.97 Å². The molecule has 0 aromatic heterocycles. The summed E-state index contributed by atoms with van der Waals surface area (Å²) in [5.74, 6) is -1.32. The normalized spacial score (nSPS) is 21.6. The number of nitrogens with zero attached hydrogens (tertiary/aromatic N) is 1. The van der Waals surface area contributed by atoms with Crippen LogP contribution in [0.4, 0.5) is 11.4 Å². The predicted octanol–water partition coefficient (Wildman–Crippen LogP) is 4.13. The second kappa shape index (κ2) is 7.84. The van der Waals surface area contributed by atoms with Crippen molar-refractivity contribution in [2.75, 3.05) is 17.3 Å². The first-order chi connectivity index (χ1) is 16.2. The van der Waals surface area contributed by atoms with E-state index >= 15 is 0 Å². The lowest BCUT2D eigenvalue weighted by atomic mass is 9.63. The molecule has 3 aliphatic rings. The third-order valence-electron chi connectivity index (χ3n) is 7.01. The first-order valence-electron chi connectivity index (χ1n) is 11.1. The quantitative estimate of drug-likeness (QED) is 0.576. The van der Waals surface area contributed by atoms with Gasteiger partial charge in [-0.05, 0) is 68.1 Å². The Morgan fingerprint density at radius 1 is 1.12 bits per heavy atom. The number of Topliss-reactive ketones (excluding diaryl/α,β-unsaturated/α-hetero) is 1. The summed E-state index contributed by atoms with van der Waals surface area (Å²) < 4.78 is 5.87. The van der Waals surface area contributed by atoms with Gasteiger partial charge < -0.3 is 15.8 Å². The molecule has 34 heavy (non-hydrogen) atoms. The summed E-state index contributed by atoms with van der Waals surface area (Å²) in [6.07, 6.45) is 1.46. The van der Waals surface area contributed by atoms with Crippen molar-refractivity contribution in [3.63, 3.8) is 0 Å². The van der Waals surface area contributed by atoms with Gasteiger partial charge in [-0.1, -0.05) is 22.0 Å². The summed E-state index contributed by atoms with van der Waals surface area (Å²) in [6.45, 7) is 4.00. The number of rotatable bonds is 2. The standard InChI is InChI=1S/C26H24BrN3O4/c1-13-7-9-16(11-14(13)2)30-19-5-4-6-20(31)21(19)26(22(23(30)28)24(32)34-3)17-12-15(27)8-10-18(17)29-25(26)33/h7-12H,4-6,28H2,1-3H3,(H,29,33). The number of hydrogen-bond donors (Lipinski definition) is 2. The van der Waals surface area contributed by atoms with Gasteiger partial charge in [0.05, 0.1) is 7.11 Å². The molecule has 1 unspecified atom stereocenters. The summed E-state index contributed by atoms with van der Waals surface area (Å²) in [6, 6.07) is 11.2. The molecule has 174 valence electrons. The Kier molecular flexibility index (Phi) is 5.16. The highest BCUT2D eigenvalue weighted by Crippen LogP contribution is 2.56. The Balaban J connectivity index is 1.91. The van der Waals surface area contributed by atoms with Gasteiger partial charge in [-0.2, -0.15) is 0 Å². The summed E-state index contributed by atoms with van der Waals surface area (Å²) in [5, 5.41) is 2.88. The largest absolute Gasteiger partial charge is 0.466 e. The molecule has 1 amide bonds. The molecule has 7 nitrogen and oxygen atoms in total. The maximum atomic E-state index is 13.8. The third kappa shape index (κ3) is 2.91. The van der Waals surface area contributed by atoms with Crippen LogP contribution in [0.25, 0.3) is 0 Å². The summed E-state index contributed by atoms with van der Waals surface area (Å²) in [5.41, 5.74) is 9.89. The predicted molar refractivity (Wildman–Crippen MR) is 132 cm³/mol. The maximum Gasteiger partial charge on any atom is 0.339 e. The van der Waals surface area contributed by atoms with Crippen LogP contribution in [-0.2, 0) is 24.5 Å². The van der Waals surface area contributed by atoms with Crippen LogP contribution in [0.2, 0.25) is 0 Å². The second-order valence-corrected chi connectivity index (χ2v) is 9.76. The van der Waals surface area contributed by atoms with Crippen molar-refractivity contribution in [3.8, 4) is 0 Å². The topological polar surface area (TPSA) is 102 Å². The Morgan fingerprint density at radius 3 is 2.59 bits per heavy atom. The molecule has 1 atom stereocenters. The summed E-state index contributed by atoms with van der Waals surface area (Å²) >= 11 is 3.48. The third-order valence-corrected chi connectivity index (χ3v) is 7.51. The summed E-state index contributed by atoms with van der Waals surface area (Å²) in [7, 11) is 1.25. The number of ether oxygens (including phenoxy) is 1. The van der Waals surface area contributed by atoms with Crippen molar-refractivity contribution in [2.45, 2.75) is 38.5 Å². The molecule has 0 radical (unpaired) electrons. The number of carbonyl (C=O) groups excluding carboxylic acids is 3. The zero-order valence-corrected chi connectivity index (χ0v) is 20.7. The van der Waals surface area contributed by atoms with E-state index < -0.39 is 17.3 Å². The Bertz CT molecular complexity index is 1360. The highest BCUT2D eigenvalue weighted by atomic mass is 79.9. The number of amides is 1. The number of ketones is 1. The number of fused-ring (bicyclic) bond motifs is 3. The lowest BCUT2D eigenvalue weighted by Gasteiger charge is -2.44. The highest BCUT2D eigenvalue weighted by Gasteiger charge is 2.62. The molecule has 2 aromatic rings. The highest BCUT2D eigenvalue weighted by molar-refractivity contribution is 9.10. The van der Waals surface area contributed by atoms with E-state index in [2.05, 4.69) is 21.2 Å². The molecule has 0 bridgehead atoms. The van der Waals surface area contributed by atoms with Crippen LogP contribution in [-0.4, -0.2) is 24.8 Å². The first kappa shape index (κ1) is 22.4. The fraction of sp³-hybridized carbons (Fsp3) is 0.269. The van der Waals surface area contributed by atoms with Crippen LogP contribution < -0.4 is 16.0 Å². The van der Waals surface area contributed by atoms with Crippen LogP contribution in [0, 0.1) is 13.8 Å². The number of methoxy groups -OCH3 is 1. The van der Waals surface area contributed by atoms with E-state index in [9.17, 15) is 14.4 Å². The lowest BCUT2D eigenvalue weighted by Crippen LogP contribution is -2.53. The number of nitrogens with one attached hydrogen (secondary N) is 1. The minimum atomic E-state index is -1.68. The van der Waals surface area contributed by atoms with E-state index in [1.54, 1.807) is 23.1 Å². The van der Waals surface area contributed by atoms with Gasteiger partial charge in [0.2, 0.25) is 5.91 Å². The van der Waals surface area contributed by atoms with E-state index in [0.29, 0.717) is 39.8 Å². The Morgan fingerprint density at radius 2 is 1.88 bits per heavy atom. The van der Waals surface area contributed by atoms with E-state index in [0.717, 1.165) is 16.8 Å². The van der Waals surface area contributed by atoms with Crippen molar-refractivity contribution in [2.24, 2.45) is 5.73 Å². The molecule has 1 aliphatic carbocycles. The number of esters is 1. The number of nitrogens with two attached hydrogens (primary N) is 1. The average molecular weight is 522 g/mol. The molecule has 0 saturated carbocycles. The monoisotopic (exact) mass is 521 g/mol. The van der Waals surface area contributed by atoms with Crippen LogP contribution in [0.15, 0.2) is 63.5 Å². The van der Waals surface area contributed by atoms with Gasteiger partial charge in [0.25, 0.3) is 0 Å². The molecule has 0 saturated heterocycles. The second-order valence-electron chi connectivity index (χ2n) is 8.85. The fourth-order valence-corrected chi connectivity index (χ4v) is 5.70. The van der Waals surface area contributed by atoms with Crippen molar-refractivity contribution in [1.82, 2.24) is 0 Å². The van der Waals surface area contributed by atoms with E-state index in [1.165, 1.54) is 7.11 Å². The maximum absolute atomic E-state index is 13.8. The number of halogens is 1. The lowest BCUT2D eigenvalue weighted by molar-refractivity contribution is -0.138. The van der Waals surface area contributed by atoms with Gasteiger partial charge in [-0.3, -0.25) is 14.5 Å². The van der Waals surface area contributed by atoms with Crippen molar-refractivity contribution < 1.29 is 19.1 Å². The van der Waals surface area contributed by atoms with Crippen LogP contribution in [0.1, 0.15) is 36.0 Å². The molecular weight excluding hydrogens is 498 g/mol. The molecule has 2 aromatic carbocycles. The van der Waals surface area contributed by atoms with E-state index in [-0.39, 0.29) is 23.6 Å². The average Bonchev–Trinajstić information content (AvgIpc) is 3.07. The van der Waals surface area contributed by atoms with Gasteiger partial charge in [0, 0.05) is 39.1 Å². The van der Waals surface area contributed by atoms with Crippen molar-refractivity contribution >= 4 is 45.0 Å². The number of carbonyl (C=O) groups is 3. The minimum absolute atomic E-state index is 0.0448. The Hall–Kier alpha value is -3.39. The Labute approximate surface area is 205 Å². The zero-order chi connectivity index (χ0) is 24.4. The first-order valence-corrected chi connectivity index (χ1v) is 11.8. The number of benzene rings is 2. The molecule has 3 N–H and O–H groups in total. The smallest absolute Gasteiger partial charge is 0.339 e. The number of hydrogen-bond acceptors (Lipinski definition) is 6. The summed E-state index contributed by atoms with van der Waals surface area (Å²) in [4.78, 5) is 42.5. The molecule has 2 heterocycles. The van der Waals surface area contributed by atoms with Gasteiger partial charge in [-0.25, -0.2) is 4.79 Å². The minimum Gasteiger partial charge on any atom is -0.466 e. The number of aryl methyl sites for hydroxylation is 2. The number of allylic oxidation sites excluding steroid dienone is 1. The van der Waals surface area contributed by atoms with E-state index in [4.69, 9.17) is 10.5 Å². The molecule has 2 aliphatic heterocycles. The number of anilines is 2. The van der Waals surface area contributed by atoms with Crippen LogP contribution in [0.3, 0.4) is 0 Å². The fourth-order valence-electron chi connectivity index (χ4n) is 5.34. The molecule has 8 heteroatoms. The molecule has 0 fully saturated rings. The van der Waals surface area contributed by atoms with Gasteiger partial charge in [-0.15, -0.1) is 0 Å². The van der Waals surface area contributed by atoms with Gasteiger partial charge in [0.1, 0.15) is 16.8 Å². The van der Waals surface area contributed by atoms with Crippen LogP contribution in [0.5, 0.6) is 0 Å². The SMILES string of the molecule is COC(=O)C1=C(N)N(c2ccc(C)c(C)c2)C2=C(C(=O)CCC2)C12C(=O)Nc1ccc(Br)cc12. The van der Waals surface area contributed by atoms with E-state index in [1.807, 2.05) is 32.0 Å². The van der Waals surface area contributed by atoms with Gasteiger partial charge in [0.15, 0.2) is 5.78 Å². The molecular formula is C26H24BrN3O4. The van der Waals surface area contributed by atoms with Crippen LogP contribution >= 0.6 is 15.9 Å². The zero-order valence-electron chi connectivity index (χ0n) is 19.1.